The Morgan fingerprint density at radius 2 is 1.73 bits per heavy atom. The summed E-state index contributed by atoms with van der Waals surface area (Å²) in [6.45, 7) is 7.14. The molecule has 0 saturated heterocycles. The van der Waals surface area contributed by atoms with Gasteiger partial charge in [-0.2, -0.15) is 0 Å². The van der Waals surface area contributed by atoms with Gasteiger partial charge in [-0.15, -0.1) is 11.3 Å². The lowest BCUT2D eigenvalue weighted by atomic mass is 10.1. The molecule has 3 aromatic heterocycles. The van der Waals surface area contributed by atoms with E-state index in [1.807, 2.05) is 93.6 Å². The summed E-state index contributed by atoms with van der Waals surface area (Å²) in [5.41, 5.74) is 3.81. The molecule has 2 N–H and O–H groups in total. The third-order valence-electron chi connectivity index (χ3n) is 8.33. The third-order valence-corrected chi connectivity index (χ3v) is 9.57. The molecule has 0 aliphatic carbocycles. The Morgan fingerprint density at radius 1 is 0.959 bits per heavy atom. The van der Waals surface area contributed by atoms with Crippen LogP contribution in [-0.4, -0.2) is 38.6 Å². The lowest BCUT2D eigenvalue weighted by Gasteiger charge is -2.29. The quantitative estimate of drug-likeness (QED) is 0.177. The van der Waals surface area contributed by atoms with E-state index in [1.54, 1.807) is 16.2 Å². The van der Waals surface area contributed by atoms with Crippen LogP contribution in [0.3, 0.4) is 0 Å². The van der Waals surface area contributed by atoms with Gasteiger partial charge in [-0.25, -0.2) is 9.78 Å². The molecule has 0 saturated carbocycles. The van der Waals surface area contributed by atoms with Gasteiger partial charge in [-0.05, 0) is 62.6 Å². The number of furan rings is 1. The number of carbonyl (C=O) groups is 2. The van der Waals surface area contributed by atoms with Crippen molar-refractivity contribution in [2.45, 2.75) is 59.0 Å². The van der Waals surface area contributed by atoms with Crippen LogP contribution < -0.4 is 16.2 Å². The maximum Gasteiger partial charge on any atom is 0.410 e. The number of para-hydroxylation sites is 1. The number of anilines is 1. The summed E-state index contributed by atoms with van der Waals surface area (Å²) in [6, 6.07) is 25.3. The van der Waals surface area contributed by atoms with Gasteiger partial charge < -0.3 is 24.7 Å². The van der Waals surface area contributed by atoms with Crippen LogP contribution >= 0.6 is 11.3 Å². The highest BCUT2D eigenvalue weighted by atomic mass is 32.1. The first-order chi connectivity index (χ1) is 23.6. The Bertz CT molecular complexity index is 2230. The Morgan fingerprint density at radius 3 is 2.55 bits per heavy atom. The minimum absolute atomic E-state index is 0.198. The summed E-state index contributed by atoms with van der Waals surface area (Å²) in [4.78, 5) is 48.3. The van der Waals surface area contributed by atoms with Crippen molar-refractivity contribution in [3.8, 4) is 11.4 Å². The molecule has 10 nitrogen and oxygen atoms in total. The van der Waals surface area contributed by atoms with Crippen LogP contribution in [0.1, 0.15) is 41.7 Å². The van der Waals surface area contributed by atoms with E-state index >= 15 is 0 Å². The molecule has 6 aromatic rings. The van der Waals surface area contributed by atoms with Crippen LogP contribution in [0.5, 0.6) is 0 Å². The second-order valence-electron chi connectivity index (χ2n) is 13.1. The van der Waals surface area contributed by atoms with Crippen molar-refractivity contribution in [2.75, 3.05) is 11.9 Å². The largest absolute Gasteiger partial charge is 0.456 e. The standard InChI is InChI=1S/C38H37N5O5S/c1-38(2,3)48-37(46)42-16-15-33-26(22-42)18-27(49-33)20-40-34(44)23-43-35(25-9-5-4-6-10-25)41-21-30(36(43)45)39-19-24-13-14-32-29(17-24)28-11-7-8-12-31(28)47-32/h4-14,17-18,21,39H,15-16,19-20,22-23H2,1-3H3,(H,40,44). The highest BCUT2D eigenvalue weighted by Crippen LogP contribution is 2.30. The minimum atomic E-state index is -0.555. The highest BCUT2D eigenvalue weighted by molar-refractivity contribution is 7.12. The van der Waals surface area contributed by atoms with Crippen molar-refractivity contribution < 1.29 is 18.7 Å². The fourth-order valence-electron chi connectivity index (χ4n) is 6.01. The van der Waals surface area contributed by atoms with Crippen molar-refractivity contribution in [3.63, 3.8) is 0 Å². The van der Waals surface area contributed by atoms with Gasteiger partial charge in [0.15, 0.2) is 0 Å². The first-order valence-electron chi connectivity index (χ1n) is 16.3. The van der Waals surface area contributed by atoms with E-state index in [4.69, 9.17) is 9.15 Å². The van der Waals surface area contributed by atoms with E-state index in [1.165, 1.54) is 15.6 Å². The molecule has 0 atom stereocenters. The number of hydrogen-bond donors (Lipinski definition) is 2. The Kier molecular flexibility index (Phi) is 8.68. The highest BCUT2D eigenvalue weighted by Gasteiger charge is 2.27. The second-order valence-corrected chi connectivity index (χ2v) is 14.3. The van der Waals surface area contributed by atoms with Crippen molar-refractivity contribution >= 4 is 51.0 Å². The van der Waals surface area contributed by atoms with Crippen molar-refractivity contribution in [1.82, 2.24) is 19.8 Å². The van der Waals surface area contributed by atoms with Gasteiger partial charge in [-0.1, -0.05) is 54.6 Å². The molecule has 0 fully saturated rings. The molecule has 1 aliphatic heterocycles. The third kappa shape index (κ3) is 7.07. The topological polar surface area (TPSA) is 119 Å². The van der Waals surface area contributed by atoms with Crippen LogP contribution in [0, 0.1) is 0 Å². The van der Waals surface area contributed by atoms with Crippen LogP contribution in [0.25, 0.3) is 33.3 Å². The van der Waals surface area contributed by atoms with E-state index < -0.39 is 5.60 Å². The molecule has 250 valence electrons. The predicted molar refractivity (Wildman–Crippen MR) is 191 cm³/mol. The average molecular weight is 676 g/mol. The first-order valence-corrected chi connectivity index (χ1v) is 17.1. The minimum Gasteiger partial charge on any atom is -0.456 e. The fourth-order valence-corrected chi connectivity index (χ4v) is 7.12. The molecular formula is C38H37N5O5S. The van der Waals surface area contributed by atoms with Crippen LogP contribution in [-0.2, 0) is 42.1 Å². The van der Waals surface area contributed by atoms with Crippen molar-refractivity contribution in [3.05, 3.63) is 116 Å². The van der Waals surface area contributed by atoms with E-state index in [-0.39, 0.29) is 24.1 Å². The lowest BCUT2D eigenvalue weighted by molar-refractivity contribution is -0.121. The second kappa shape index (κ2) is 13.2. The Balaban J connectivity index is 1.06. The van der Waals surface area contributed by atoms with Crippen LogP contribution in [0.15, 0.2) is 94.3 Å². The molecule has 0 radical (unpaired) electrons. The number of fused-ring (bicyclic) bond motifs is 4. The zero-order valence-electron chi connectivity index (χ0n) is 27.6. The van der Waals surface area contributed by atoms with E-state index in [0.717, 1.165) is 49.9 Å². The van der Waals surface area contributed by atoms with Gasteiger partial charge in [0.2, 0.25) is 5.91 Å². The molecule has 4 heterocycles. The maximum absolute atomic E-state index is 13.9. The molecule has 2 amide bonds. The first kappa shape index (κ1) is 32.1. The number of rotatable bonds is 8. The molecule has 0 unspecified atom stereocenters. The zero-order chi connectivity index (χ0) is 34.1. The lowest BCUT2D eigenvalue weighted by Crippen LogP contribution is -2.39. The monoisotopic (exact) mass is 675 g/mol. The van der Waals surface area contributed by atoms with Gasteiger partial charge in [0.1, 0.15) is 34.8 Å². The van der Waals surface area contributed by atoms with Crippen molar-refractivity contribution in [1.29, 1.82) is 0 Å². The molecule has 1 aliphatic rings. The number of thiophene rings is 1. The van der Waals surface area contributed by atoms with Crippen molar-refractivity contribution in [2.24, 2.45) is 0 Å². The summed E-state index contributed by atoms with van der Waals surface area (Å²) >= 11 is 1.63. The van der Waals surface area contributed by atoms with Gasteiger partial charge in [0.25, 0.3) is 5.56 Å². The summed E-state index contributed by atoms with van der Waals surface area (Å²) in [7, 11) is 0. The molecular weight excluding hydrogens is 639 g/mol. The van der Waals surface area contributed by atoms with E-state index in [2.05, 4.69) is 21.7 Å². The zero-order valence-corrected chi connectivity index (χ0v) is 28.4. The SMILES string of the molecule is CC(C)(C)OC(=O)N1CCc2sc(CNC(=O)Cn3c(-c4ccccc4)ncc(NCc4ccc5oc6ccccc6c5c4)c3=O)cc2C1. The molecule has 11 heteroatoms. The van der Waals surface area contributed by atoms with Gasteiger partial charge in [0, 0.05) is 39.2 Å². The number of benzene rings is 3. The van der Waals surface area contributed by atoms with E-state index in [9.17, 15) is 14.4 Å². The number of hydrogen-bond acceptors (Lipinski definition) is 8. The number of ether oxygens (including phenoxy) is 1. The fraction of sp³-hybridized carbons (Fsp3) is 0.263. The maximum atomic E-state index is 13.9. The summed E-state index contributed by atoms with van der Waals surface area (Å²) in [5.74, 6) is 0.101. The van der Waals surface area contributed by atoms with Gasteiger partial charge in [0.05, 0.1) is 19.3 Å². The summed E-state index contributed by atoms with van der Waals surface area (Å²) in [5, 5.41) is 8.27. The molecule has 3 aromatic carbocycles. The number of carbonyl (C=O) groups excluding carboxylic acids is 2. The predicted octanol–water partition coefficient (Wildman–Crippen LogP) is 7.09. The van der Waals surface area contributed by atoms with E-state index in [0.29, 0.717) is 37.7 Å². The molecule has 49 heavy (non-hydrogen) atoms. The summed E-state index contributed by atoms with van der Waals surface area (Å²) < 4.78 is 12.9. The number of aromatic nitrogens is 2. The molecule has 0 spiro atoms. The molecule has 7 rings (SSSR count). The number of amides is 2. The van der Waals surface area contributed by atoms with Crippen LogP contribution in [0.2, 0.25) is 0 Å². The van der Waals surface area contributed by atoms with Crippen LogP contribution in [0.4, 0.5) is 10.5 Å². The number of nitrogens with zero attached hydrogens (tertiary/aromatic N) is 3. The summed E-state index contributed by atoms with van der Waals surface area (Å²) in [6.07, 6.45) is 1.94. The molecule has 0 bridgehead atoms. The van der Waals surface area contributed by atoms with Gasteiger partial charge >= 0.3 is 6.09 Å². The van der Waals surface area contributed by atoms with Gasteiger partial charge in [-0.3, -0.25) is 14.2 Å². The number of nitrogens with one attached hydrogen (secondary N) is 2. The average Bonchev–Trinajstić information content (AvgIpc) is 3.67. The smallest absolute Gasteiger partial charge is 0.410 e. The Hall–Kier alpha value is -5.42. The Labute approximate surface area is 287 Å². The normalized spacial score (nSPS) is 13.0.